The van der Waals surface area contributed by atoms with Gasteiger partial charge in [0.2, 0.25) is 0 Å². The van der Waals surface area contributed by atoms with E-state index in [1.807, 2.05) is 54.6 Å². The van der Waals surface area contributed by atoms with Gasteiger partial charge in [-0.2, -0.15) is 0 Å². The van der Waals surface area contributed by atoms with Crippen molar-refractivity contribution in [1.29, 1.82) is 0 Å². The van der Waals surface area contributed by atoms with E-state index < -0.39 is 9.84 Å². The molecule has 1 fully saturated rings. The standard InChI is InChI=1S/C19H20INO4S/c20-16-6-8-18(9-7-16)25-13-19(22)21(12-15-4-2-1-3-5-15)17-10-11-26(23,24)14-17/h1-9,17H,10-14H2. The number of carbonyl (C=O) groups excluding carboxylic acids is 1. The van der Waals surface area contributed by atoms with Crippen LogP contribution in [-0.2, 0) is 21.2 Å². The van der Waals surface area contributed by atoms with Gasteiger partial charge in [-0.15, -0.1) is 0 Å². The molecule has 1 heterocycles. The molecule has 0 saturated carbocycles. The number of benzene rings is 2. The molecule has 0 N–H and O–H groups in total. The third-order valence-corrected chi connectivity index (χ3v) is 6.81. The summed E-state index contributed by atoms with van der Waals surface area (Å²) < 4.78 is 30.4. The molecule has 0 aromatic heterocycles. The summed E-state index contributed by atoms with van der Waals surface area (Å²) in [5.74, 6) is 0.579. The Morgan fingerprint density at radius 3 is 2.42 bits per heavy atom. The monoisotopic (exact) mass is 485 g/mol. The van der Waals surface area contributed by atoms with Crippen molar-refractivity contribution in [1.82, 2.24) is 4.90 Å². The van der Waals surface area contributed by atoms with Gasteiger partial charge < -0.3 is 9.64 Å². The molecular weight excluding hydrogens is 465 g/mol. The molecule has 3 rings (SSSR count). The summed E-state index contributed by atoms with van der Waals surface area (Å²) in [7, 11) is -3.07. The molecule has 1 amide bonds. The molecule has 1 saturated heterocycles. The normalized spacial score (nSPS) is 18.4. The third-order valence-electron chi connectivity index (χ3n) is 4.34. The van der Waals surface area contributed by atoms with Crippen LogP contribution in [0.1, 0.15) is 12.0 Å². The van der Waals surface area contributed by atoms with Crippen molar-refractivity contribution >= 4 is 38.3 Å². The second-order valence-electron chi connectivity index (χ2n) is 6.31. The second-order valence-corrected chi connectivity index (χ2v) is 9.78. The van der Waals surface area contributed by atoms with Crippen LogP contribution < -0.4 is 4.74 Å². The van der Waals surface area contributed by atoms with E-state index in [1.165, 1.54) is 0 Å². The van der Waals surface area contributed by atoms with E-state index in [9.17, 15) is 13.2 Å². The van der Waals surface area contributed by atoms with E-state index in [0.717, 1.165) is 9.13 Å². The Labute approximate surface area is 167 Å². The summed E-state index contributed by atoms with van der Waals surface area (Å²) in [4.78, 5) is 14.4. The number of hydrogen-bond acceptors (Lipinski definition) is 4. The lowest BCUT2D eigenvalue weighted by Gasteiger charge is -2.28. The predicted molar refractivity (Wildman–Crippen MR) is 109 cm³/mol. The summed E-state index contributed by atoms with van der Waals surface area (Å²) in [6.45, 7) is 0.278. The maximum atomic E-state index is 12.8. The molecule has 5 nitrogen and oxygen atoms in total. The number of sulfone groups is 1. The summed E-state index contributed by atoms with van der Waals surface area (Å²) in [6.07, 6.45) is 0.477. The van der Waals surface area contributed by atoms with Crippen LogP contribution >= 0.6 is 22.6 Å². The highest BCUT2D eigenvalue weighted by atomic mass is 127. The highest BCUT2D eigenvalue weighted by Crippen LogP contribution is 2.21. The Morgan fingerprint density at radius 2 is 1.81 bits per heavy atom. The molecule has 0 spiro atoms. The average molecular weight is 485 g/mol. The number of carbonyl (C=O) groups is 1. The minimum absolute atomic E-state index is 0.0229. The quantitative estimate of drug-likeness (QED) is 0.591. The van der Waals surface area contributed by atoms with Crippen LogP contribution in [0.4, 0.5) is 0 Å². The van der Waals surface area contributed by atoms with E-state index in [4.69, 9.17) is 4.74 Å². The van der Waals surface area contributed by atoms with Gasteiger partial charge in [0.25, 0.3) is 5.91 Å². The van der Waals surface area contributed by atoms with Crippen LogP contribution in [0, 0.1) is 3.57 Å². The Hall–Kier alpha value is -1.61. The number of ether oxygens (including phenoxy) is 1. The SMILES string of the molecule is O=C(COc1ccc(I)cc1)N(Cc1ccccc1)C1CCS(=O)(=O)C1. The molecule has 0 radical (unpaired) electrons. The first-order chi connectivity index (χ1) is 12.4. The number of amides is 1. The Kier molecular flexibility index (Phi) is 6.18. The molecule has 2 aromatic rings. The van der Waals surface area contributed by atoms with E-state index in [1.54, 1.807) is 4.90 Å². The maximum absolute atomic E-state index is 12.8. The lowest BCUT2D eigenvalue weighted by molar-refractivity contribution is -0.136. The molecular formula is C19H20INO4S. The minimum atomic E-state index is -3.07. The lowest BCUT2D eigenvalue weighted by Crippen LogP contribution is -2.43. The number of halogens is 1. The topological polar surface area (TPSA) is 63.7 Å². The van der Waals surface area contributed by atoms with E-state index in [2.05, 4.69) is 22.6 Å². The van der Waals surface area contributed by atoms with Crippen molar-refractivity contribution in [2.24, 2.45) is 0 Å². The molecule has 2 aromatic carbocycles. The maximum Gasteiger partial charge on any atom is 0.261 e. The molecule has 26 heavy (non-hydrogen) atoms. The largest absolute Gasteiger partial charge is 0.484 e. The first kappa shape index (κ1) is 19.2. The van der Waals surface area contributed by atoms with Crippen molar-refractivity contribution in [3.8, 4) is 5.75 Å². The molecule has 7 heteroatoms. The fraction of sp³-hybridized carbons (Fsp3) is 0.316. The van der Waals surface area contributed by atoms with Gasteiger partial charge in [0.15, 0.2) is 16.4 Å². The van der Waals surface area contributed by atoms with Crippen LogP contribution in [0.15, 0.2) is 54.6 Å². The van der Waals surface area contributed by atoms with Gasteiger partial charge in [-0.05, 0) is 58.8 Å². The number of rotatable bonds is 6. The lowest BCUT2D eigenvalue weighted by atomic mass is 10.1. The smallest absolute Gasteiger partial charge is 0.261 e. The van der Waals surface area contributed by atoms with E-state index in [-0.39, 0.29) is 30.1 Å². The van der Waals surface area contributed by atoms with Gasteiger partial charge in [-0.3, -0.25) is 4.79 Å². The van der Waals surface area contributed by atoms with Crippen LogP contribution in [-0.4, -0.2) is 43.4 Å². The Bertz CT molecular complexity index is 853. The van der Waals surface area contributed by atoms with E-state index in [0.29, 0.717) is 18.7 Å². The summed E-state index contributed by atoms with van der Waals surface area (Å²) in [5.41, 5.74) is 0.972. The third kappa shape index (κ3) is 5.20. The van der Waals surface area contributed by atoms with Crippen molar-refractivity contribution < 1.29 is 17.9 Å². The zero-order valence-electron chi connectivity index (χ0n) is 14.2. The Balaban J connectivity index is 1.71. The van der Waals surface area contributed by atoms with Gasteiger partial charge >= 0.3 is 0 Å². The molecule has 0 aliphatic carbocycles. The minimum Gasteiger partial charge on any atom is -0.484 e. The highest BCUT2D eigenvalue weighted by Gasteiger charge is 2.34. The molecule has 1 aliphatic heterocycles. The number of hydrogen-bond donors (Lipinski definition) is 0. The van der Waals surface area contributed by atoms with Gasteiger partial charge in [-0.1, -0.05) is 30.3 Å². The molecule has 1 aliphatic rings. The zero-order chi connectivity index (χ0) is 18.6. The van der Waals surface area contributed by atoms with Gasteiger partial charge in [-0.25, -0.2) is 8.42 Å². The van der Waals surface area contributed by atoms with Crippen LogP contribution in [0.2, 0.25) is 0 Å². The zero-order valence-corrected chi connectivity index (χ0v) is 17.1. The second kappa shape index (κ2) is 8.39. The summed E-state index contributed by atoms with van der Waals surface area (Å²) in [6, 6.07) is 16.7. The molecule has 1 unspecified atom stereocenters. The van der Waals surface area contributed by atoms with Crippen LogP contribution in [0.3, 0.4) is 0 Å². The molecule has 0 bridgehead atoms. The highest BCUT2D eigenvalue weighted by molar-refractivity contribution is 14.1. The predicted octanol–water partition coefficient (Wildman–Crippen LogP) is 2.89. The molecule has 138 valence electrons. The van der Waals surface area contributed by atoms with Gasteiger partial charge in [0.1, 0.15) is 5.75 Å². The van der Waals surface area contributed by atoms with Crippen molar-refractivity contribution in [2.75, 3.05) is 18.1 Å². The summed E-state index contributed by atoms with van der Waals surface area (Å²) >= 11 is 2.20. The van der Waals surface area contributed by atoms with Crippen molar-refractivity contribution in [2.45, 2.75) is 19.0 Å². The van der Waals surface area contributed by atoms with Gasteiger partial charge in [0.05, 0.1) is 11.5 Å². The van der Waals surface area contributed by atoms with Crippen LogP contribution in [0.5, 0.6) is 5.75 Å². The molecule has 1 atom stereocenters. The van der Waals surface area contributed by atoms with Crippen molar-refractivity contribution in [3.63, 3.8) is 0 Å². The van der Waals surface area contributed by atoms with E-state index >= 15 is 0 Å². The summed E-state index contributed by atoms with van der Waals surface area (Å²) in [5, 5.41) is 0. The fourth-order valence-corrected chi connectivity index (χ4v) is 5.07. The van der Waals surface area contributed by atoms with Gasteiger partial charge in [0, 0.05) is 16.2 Å². The fourth-order valence-electron chi connectivity index (χ4n) is 2.98. The van der Waals surface area contributed by atoms with Crippen LogP contribution in [0.25, 0.3) is 0 Å². The Morgan fingerprint density at radius 1 is 1.12 bits per heavy atom. The average Bonchev–Trinajstić information content (AvgIpc) is 2.99. The number of nitrogens with zero attached hydrogens (tertiary/aromatic N) is 1. The first-order valence-corrected chi connectivity index (χ1v) is 11.3. The van der Waals surface area contributed by atoms with Crippen molar-refractivity contribution in [3.05, 3.63) is 63.7 Å². The first-order valence-electron chi connectivity index (χ1n) is 8.35.